The van der Waals surface area contributed by atoms with Crippen LogP contribution in [0.3, 0.4) is 0 Å². The van der Waals surface area contributed by atoms with Crippen LogP contribution >= 0.6 is 15.9 Å². The van der Waals surface area contributed by atoms with E-state index < -0.39 is 50.6 Å². The average molecular weight is 399 g/mol. The molecule has 0 bridgehead atoms. The van der Waals surface area contributed by atoms with E-state index in [1.807, 2.05) is 0 Å². The van der Waals surface area contributed by atoms with Crippen molar-refractivity contribution < 1.29 is 36.6 Å². The van der Waals surface area contributed by atoms with Gasteiger partial charge in [-0.25, -0.2) is 22.4 Å². The van der Waals surface area contributed by atoms with E-state index >= 15 is 0 Å². The Morgan fingerprint density at radius 1 is 1.00 bits per heavy atom. The predicted molar refractivity (Wildman–Crippen MR) is 74.6 cm³/mol. The fourth-order valence-electron chi connectivity index (χ4n) is 1.51. The molecular formula is C14H11BrF4O4. The lowest BCUT2D eigenvalue weighted by Crippen LogP contribution is -2.20. The normalized spacial score (nSPS) is 11.3. The first-order valence-electron chi connectivity index (χ1n) is 6.32. The van der Waals surface area contributed by atoms with Gasteiger partial charge >= 0.3 is 5.97 Å². The molecule has 0 heterocycles. The Balaban J connectivity index is 3.49. The van der Waals surface area contributed by atoms with Crippen molar-refractivity contribution in [1.82, 2.24) is 0 Å². The Morgan fingerprint density at radius 2 is 1.57 bits per heavy atom. The lowest BCUT2D eigenvalue weighted by molar-refractivity contribution is -0.138. The van der Waals surface area contributed by atoms with Gasteiger partial charge in [0.05, 0.1) is 23.2 Å². The molecule has 0 amide bonds. The van der Waals surface area contributed by atoms with E-state index in [-0.39, 0.29) is 13.2 Å². The monoisotopic (exact) mass is 398 g/mol. The number of Topliss-reactive ketones (excluding diaryl/α,β-unsaturated/α-hetero) is 1. The van der Waals surface area contributed by atoms with Gasteiger partial charge in [0, 0.05) is 0 Å². The summed E-state index contributed by atoms with van der Waals surface area (Å²) in [4.78, 5) is 24.0. The lowest BCUT2D eigenvalue weighted by Gasteiger charge is -2.10. The van der Waals surface area contributed by atoms with Crippen molar-refractivity contribution in [1.29, 1.82) is 0 Å². The van der Waals surface area contributed by atoms with Gasteiger partial charge in [0.25, 0.3) is 0 Å². The van der Waals surface area contributed by atoms with E-state index in [0.717, 1.165) is 0 Å². The second kappa shape index (κ2) is 8.09. The summed E-state index contributed by atoms with van der Waals surface area (Å²) >= 11 is 2.48. The van der Waals surface area contributed by atoms with Crippen molar-refractivity contribution >= 4 is 27.7 Å². The second-order valence-corrected chi connectivity index (χ2v) is 4.77. The summed E-state index contributed by atoms with van der Waals surface area (Å²) in [6, 6.07) is 0. The lowest BCUT2D eigenvalue weighted by atomic mass is 10.0. The number of rotatable bonds is 6. The first-order valence-corrected chi connectivity index (χ1v) is 7.12. The van der Waals surface area contributed by atoms with Gasteiger partial charge in [0.15, 0.2) is 23.3 Å². The summed E-state index contributed by atoms with van der Waals surface area (Å²) in [5.74, 6) is -10.6. The molecule has 0 fully saturated rings. The Kier molecular flexibility index (Phi) is 6.74. The fourth-order valence-corrected chi connectivity index (χ4v) is 2.04. The smallest absolute Gasteiger partial charge is 0.345 e. The fraction of sp³-hybridized carbons (Fsp3) is 0.286. The Labute approximate surface area is 137 Å². The van der Waals surface area contributed by atoms with Crippen LogP contribution in [0.2, 0.25) is 0 Å². The Morgan fingerprint density at radius 3 is 2.09 bits per heavy atom. The molecule has 0 saturated heterocycles. The van der Waals surface area contributed by atoms with Crippen LogP contribution in [0.1, 0.15) is 24.2 Å². The molecule has 0 aliphatic rings. The quantitative estimate of drug-likeness (QED) is 0.0844. The molecule has 0 radical (unpaired) electrons. The van der Waals surface area contributed by atoms with Crippen LogP contribution < -0.4 is 0 Å². The first-order chi connectivity index (χ1) is 10.8. The van der Waals surface area contributed by atoms with Crippen molar-refractivity contribution in [3.63, 3.8) is 0 Å². The minimum absolute atomic E-state index is 0.0615. The van der Waals surface area contributed by atoms with Crippen LogP contribution in [0.5, 0.6) is 0 Å². The molecule has 1 aromatic rings. The van der Waals surface area contributed by atoms with Crippen molar-refractivity contribution in [3.8, 4) is 0 Å². The molecule has 0 spiro atoms. The molecule has 0 aromatic heterocycles. The van der Waals surface area contributed by atoms with Crippen LogP contribution in [0.15, 0.2) is 16.3 Å². The SMILES string of the molecule is CCOC=C(C(=O)OCC)C(=O)c1c(F)c(F)c(F)c(F)c1Br. The molecule has 0 aliphatic carbocycles. The van der Waals surface area contributed by atoms with E-state index in [4.69, 9.17) is 4.74 Å². The molecule has 23 heavy (non-hydrogen) atoms. The molecule has 0 atom stereocenters. The number of hydrogen-bond acceptors (Lipinski definition) is 4. The second-order valence-electron chi connectivity index (χ2n) is 3.98. The summed E-state index contributed by atoms with van der Waals surface area (Å²) in [6.07, 6.45) is 0.686. The van der Waals surface area contributed by atoms with Gasteiger partial charge in [-0.2, -0.15) is 0 Å². The zero-order valence-electron chi connectivity index (χ0n) is 12.0. The molecular weight excluding hydrogens is 388 g/mol. The van der Waals surface area contributed by atoms with Gasteiger partial charge in [-0.3, -0.25) is 4.79 Å². The van der Waals surface area contributed by atoms with E-state index in [1.165, 1.54) is 13.8 Å². The van der Waals surface area contributed by atoms with Gasteiger partial charge in [0.2, 0.25) is 5.78 Å². The summed E-state index contributed by atoms with van der Waals surface area (Å²) in [5.41, 5.74) is -1.97. The van der Waals surface area contributed by atoms with Crippen LogP contribution in [0, 0.1) is 23.3 Å². The molecule has 1 aromatic carbocycles. The molecule has 126 valence electrons. The number of carbonyl (C=O) groups is 2. The van der Waals surface area contributed by atoms with Crippen molar-refractivity contribution in [2.75, 3.05) is 13.2 Å². The molecule has 0 saturated carbocycles. The Hall–Kier alpha value is -1.90. The molecule has 4 nitrogen and oxygen atoms in total. The predicted octanol–water partition coefficient (Wildman–Crippen LogP) is 3.67. The zero-order valence-corrected chi connectivity index (χ0v) is 13.6. The first kappa shape index (κ1) is 19.1. The minimum atomic E-state index is -2.17. The van der Waals surface area contributed by atoms with E-state index in [0.29, 0.717) is 6.26 Å². The highest BCUT2D eigenvalue weighted by atomic mass is 79.9. The van der Waals surface area contributed by atoms with Crippen molar-refractivity contribution in [2.24, 2.45) is 0 Å². The number of hydrogen-bond donors (Lipinski definition) is 0. The van der Waals surface area contributed by atoms with Crippen LogP contribution in [-0.2, 0) is 14.3 Å². The topological polar surface area (TPSA) is 52.6 Å². The maximum Gasteiger partial charge on any atom is 0.345 e. The third-order valence-corrected chi connectivity index (χ3v) is 3.29. The number of esters is 1. The van der Waals surface area contributed by atoms with Crippen LogP contribution in [-0.4, -0.2) is 25.0 Å². The van der Waals surface area contributed by atoms with Gasteiger partial charge in [0.1, 0.15) is 11.8 Å². The van der Waals surface area contributed by atoms with Crippen LogP contribution in [0.4, 0.5) is 17.6 Å². The highest BCUT2D eigenvalue weighted by Gasteiger charge is 2.32. The van der Waals surface area contributed by atoms with Gasteiger partial charge < -0.3 is 9.47 Å². The number of halogens is 5. The number of ketones is 1. The van der Waals surface area contributed by atoms with E-state index in [1.54, 1.807) is 0 Å². The van der Waals surface area contributed by atoms with Gasteiger partial charge in [-0.05, 0) is 29.8 Å². The number of ether oxygens (including phenoxy) is 2. The molecule has 1 rings (SSSR count). The largest absolute Gasteiger partial charge is 0.500 e. The maximum absolute atomic E-state index is 13.8. The highest BCUT2D eigenvalue weighted by molar-refractivity contribution is 9.10. The van der Waals surface area contributed by atoms with Crippen LogP contribution in [0.25, 0.3) is 0 Å². The molecule has 0 unspecified atom stereocenters. The number of carbonyl (C=O) groups excluding carboxylic acids is 2. The summed E-state index contributed by atoms with van der Waals surface area (Å²) < 4.78 is 62.2. The minimum Gasteiger partial charge on any atom is -0.500 e. The molecule has 0 aliphatic heterocycles. The summed E-state index contributed by atoms with van der Waals surface area (Å²) in [6.45, 7) is 2.95. The van der Waals surface area contributed by atoms with E-state index in [2.05, 4.69) is 20.7 Å². The number of benzene rings is 1. The highest BCUT2D eigenvalue weighted by Crippen LogP contribution is 2.30. The average Bonchev–Trinajstić information content (AvgIpc) is 2.52. The van der Waals surface area contributed by atoms with E-state index in [9.17, 15) is 27.2 Å². The third kappa shape index (κ3) is 3.90. The van der Waals surface area contributed by atoms with Gasteiger partial charge in [-0.15, -0.1) is 0 Å². The maximum atomic E-state index is 13.8. The third-order valence-electron chi connectivity index (χ3n) is 2.54. The standard InChI is InChI=1S/C14H11BrF4O4/c1-3-22-5-6(14(21)23-4-2)13(20)7-8(15)10(17)12(19)11(18)9(7)16/h5H,3-4H2,1-2H3. The van der Waals surface area contributed by atoms with Gasteiger partial charge in [-0.1, -0.05) is 0 Å². The summed E-state index contributed by atoms with van der Waals surface area (Å²) in [7, 11) is 0. The molecule has 0 N–H and O–H groups in total. The van der Waals surface area contributed by atoms with Crippen molar-refractivity contribution in [2.45, 2.75) is 13.8 Å². The molecule has 9 heteroatoms. The van der Waals surface area contributed by atoms with Crippen molar-refractivity contribution in [3.05, 3.63) is 45.1 Å². The summed E-state index contributed by atoms with van der Waals surface area (Å²) in [5, 5.41) is 0. The Bertz CT molecular complexity index is 644. The zero-order chi connectivity index (χ0) is 17.7.